The van der Waals surface area contributed by atoms with Crippen LogP contribution in [0.1, 0.15) is 0 Å². The fourth-order valence-corrected chi connectivity index (χ4v) is 0.779. The van der Waals surface area contributed by atoms with Gasteiger partial charge < -0.3 is 10.0 Å². The number of carboxylic acids is 1. The van der Waals surface area contributed by atoms with Crippen molar-refractivity contribution in [3.63, 3.8) is 0 Å². The second kappa shape index (κ2) is 1.72. The molecule has 1 amide bonds. The van der Waals surface area contributed by atoms with Crippen LogP contribution in [0.2, 0.25) is 0 Å². The molecule has 1 heterocycles. The van der Waals surface area contributed by atoms with E-state index in [-0.39, 0.29) is 5.91 Å². The highest BCUT2D eigenvalue weighted by Crippen LogP contribution is 2.14. The van der Waals surface area contributed by atoms with Gasteiger partial charge in [0, 0.05) is 13.6 Å². The molecule has 1 saturated heterocycles. The normalized spacial score (nSPS) is 25.7. The minimum atomic E-state index is -1.02. The average Bonchev–Trinajstić information content (AvgIpc) is 1.81. The highest BCUT2D eigenvalue weighted by Gasteiger charge is 2.39. The molecule has 1 unspecified atom stereocenters. The Labute approximate surface area is 52.1 Å². The lowest BCUT2D eigenvalue weighted by Crippen LogP contribution is -2.53. The van der Waals surface area contributed by atoms with Crippen molar-refractivity contribution in [2.24, 2.45) is 5.92 Å². The van der Waals surface area contributed by atoms with E-state index in [0.717, 1.165) is 0 Å². The van der Waals surface area contributed by atoms with E-state index in [2.05, 4.69) is 0 Å². The molecule has 4 heteroatoms. The molecule has 0 spiro atoms. The quantitative estimate of drug-likeness (QED) is 0.371. The van der Waals surface area contributed by atoms with Gasteiger partial charge in [-0.05, 0) is 0 Å². The number of rotatable bonds is 1. The molecule has 0 aromatic heterocycles. The zero-order chi connectivity index (χ0) is 7.02. The van der Waals surface area contributed by atoms with Gasteiger partial charge in [0.2, 0.25) is 5.91 Å². The number of amides is 1. The number of carbonyl (C=O) groups excluding carboxylic acids is 1. The fraction of sp³-hybridized carbons (Fsp3) is 0.600. The summed E-state index contributed by atoms with van der Waals surface area (Å²) in [5.41, 5.74) is 0. The van der Waals surface area contributed by atoms with Gasteiger partial charge in [-0.2, -0.15) is 0 Å². The number of carbonyl (C=O) groups is 2. The molecule has 0 aliphatic carbocycles. The molecule has 1 aliphatic heterocycles. The lowest BCUT2D eigenvalue weighted by Gasteiger charge is -2.31. The first-order valence-corrected chi connectivity index (χ1v) is 2.60. The lowest BCUT2D eigenvalue weighted by molar-refractivity contribution is -0.160. The predicted octanol–water partition coefficient (Wildman–Crippen LogP) is -0.841. The molecule has 0 bridgehead atoms. The van der Waals surface area contributed by atoms with Crippen molar-refractivity contribution in [2.75, 3.05) is 13.6 Å². The van der Waals surface area contributed by atoms with E-state index >= 15 is 0 Å². The molecule has 0 radical (unpaired) electrons. The Kier molecular flexibility index (Phi) is 1.16. The zero-order valence-electron chi connectivity index (χ0n) is 5.00. The first-order chi connectivity index (χ1) is 4.13. The first kappa shape index (κ1) is 6.07. The van der Waals surface area contributed by atoms with Crippen LogP contribution in [0.3, 0.4) is 0 Å². The summed E-state index contributed by atoms with van der Waals surface area (Å²) >= 11 is 0. The van der Waals surface area contributed by atoms with Gasteiger partial charge in [-0.3, -0.25) is 9.59 Å². The molecule has 0 aromatic carbocycles. The van der Waals surface area contributed by atoms with E-state index in [1.54, 1.807) is 7.05 Å². The van der Waals surface area contributed by atoms with Crippen LogP contribution in [0.4, 0.5) is 0 Å². The fourth-order valence-electron chi connectivity index (χ4n) is 0.779. The van der Waals surface area contributed by atoms with Crippen LogP contribution in [0.25, 0.3) is 0 Å². The van der Waals surface area contributed by atoms with Crippen molar-refractivity contribution in [1.29, 1.82) is 0 Å². The summed E-state index contributed by atoms with van der Waals surface area (Å²) in [5, 5.41) is 8.27. The lowest BCUT2D eigenvalue weighted by atomic mass is 10.0. The van der Waals surface area contributed by atoms with Crippen LogP contribution >= 0.6 is 0 Å². The topological polar surface area (TPSA) is 57.6 Å². The van der Waals surface area contributed by atoms with Crippen LogP contribution in [-0.2, 0) is 9.59 Å². The Morgan fingerprint density at radius 1 is 1.89 bits per heavy atom. The van der Waals surface area contributed by atoms with E-state index in [9.17, 15) is 9.59 Å². The van der Waals surface area contributed by atoms with E-state index in [1.807, 2.05) is 0 Å². The largest absolute Gasteiger partial charge is 0.481 e. The van der Waals surface area contributed by atoms with E-state index in [4.69, 9.17) is 5.11 Å². The highest BCUT2D eigenvalue weighted by molar-refractivity contribution is 6.01. The summed E-state index contributed by atoms with van der Waals surface area (Å²) in [6, 6.07) is 0. The number of β-lactam (4-membered cyclic amide) rings is 1. The van der Waals surface area contributed by atoms with E-state index in [0.29, 0.717) is 6.54 Å². The molecule has 1 aliphatic rings. The molecule has 50 valence electrons. The number of likely N-dealkylation sites (tertiary alicyclic amines) is 1. The minimum Gasteiger partial charge on any atom is -0.481 e. The molecule has 1 N–H and O–H groups in total. The smallest absolute Gasteiger partial charge is 0.317 e. The third-order valence-corrected chi connectivity index (χ3v) is 1.43. The van der Waals surface area contributed by atoms with Gasteiger partial charge in [0.1, 0.15) is 0 Å². The molecule has 0 aromatic rings. The van der Waals surface area contributed by atoms with Gasteiger partial charge in [-0.25, -0.2) is 0 Å². The molecular weight excluding hydrogens is 122 g/mol. The Balaban J connectivity index is 2.52. The molecule has 1 fully saturated rings. The van der Waals surface area contributed by atoms with E-state index < -0.39 is 11.9 Å². The molecule has 1 atom stereocenters. The van der Waals surface area contributed by atoms with Gasteiger partial charge in [0.15, 0.2) is 5.92 Å². The van der Waals surface area contributed by atoms with Crippen LogP contribution in [0, 0.1) is 5.92 Å². The maximum Gasteiger partial charge on any atom is 0.317 e. The predicted molar refractivity (Wildman–Crippen MR) is 28.8 cm³/mol. The molecule has 9 heavy (non-hydrogen) atoms. The SMILES string of the molecule is CN1CC(C(=O)O)C1=O. The average molecular weight is 129 g/mol. The van der Waals surface area contributed by atoms with Crippen molar-refractivity contribution in [3.05, 3.63) is 0 Å². The molecule has 4 nitrogen and oxygen atoms in total. The third kappa shape index (κ3) is 0.759. The number of hydrogen-bond acceptors (Lipinski definition) is 2. The summed E-state index contributed by atoms with van der Waals surface area (Å²) in [5.74, 6) is -2.07. The van der Waals surface area contributed by atoms with Crippen LogP contribution in [0.5, 0.6) is 0 Å². The number of aliphatic carboxylic acids is 1. The van der Waals surface area contributed by atoms with Crippen LogP contribution in [-0.4, -0.2) is 35.5 Å². The van der Waals surface area contributed by atoms with Gasteiger partial charge in [0.25, 0.3) is 0 Å². The third-order valence-electron chi connectivity index (χ3n) is 1.43. The molecule has 0 saturated carbocycles. The first-order valence-electron chi connectivity index (χ1n) is 2.60. The van der Waals surface area contributed by atoms with Crippen molar-refractivity contribution < 1.29 is 14.7 Å². The summed E-state index contributed by atoms with van der Waals surface area (Å²) in [6.07, 6.45) is 0. The summed E-state index contributed by atoms with van der Waals surface area (Å²) < 4.78 is 0. The minimum absolute atomic E-state index is 0.289. The van der Waals surface area contributed by atoms with Gasteiger partial charge in [-0.1, -0.05) is 0 Å². The maximum absolute atomic E-state index is 10.5. The maximum atomic E-state index is 10.5. The highest BCUT2D eigenvalue weighted by atomic mass is 16.4. The van der Waals surface area contributed by atoms with Crippen molar-refractivity contribution in [3.8, 4) is 0 Å². The molecule has 1 rings (SSSR count). The van der Waals surface area contributed by atoms with Crippen molar-refractivity contribution in [2.45, 2.75) is 0 Å². The van der Waals surface area contributed by atoms with Crippen LogP contribution < -0.4 is 0 Å². The number of hydrogen-bond donors (Lipinski definition) is 1. The summed E-state index contributed by atoms with van der Waals surface area (Å²) in [7, 11) is 1.59. The van der Waals surface area contributed by atoms with Crippen molar-refractivity contribution >= 4 is 11.9 Å². The Bertz CT molecular complexity index is 166. The Morgan fingerprint density at radius 3 is 2.56 bits per heavy atom. The van der Waals surface area contributed by atoms with Gasteiger partial charge >= 0.3 is 5.97 Å². The van der Waals surface area contributed by atoms with Crippen molar-refractivity contribution in [1.82, 2.24) is 4.90 Å². The Hall–Kier alpha value is -1.06. The number of nitrogens with zero attached hydrogens (tertiary/aromatic N) is 1. The zero-order valence-corrected chi connectivity index (χ0v) is 5.00. The number of carboxylic acid groups (broad SMARTS) is 1. The van der Waals surface area contributed by atoms with Gasteiger partial charge in [-0.15, -0.1) is 0 Å². The molecular formula is C5H7NO3. The second-order valence-electron chi connectivity index (χ2n) is 2.11. The summed E-state index contributed by atoms with van der Waals surface area (Å²) in [6.45, 7) is 0.355. The van der Waals surface area contributed by atoms with Gasteiger partial charge in [0.05, 0.1) is 0 Å². The van der Waals surface area contributed by atoms with Crippen LogP contribution in [0.15, 0.2) is 0 Å². The monoisotopic (exact) mass is 129 g/mol. The second-order valence-corrected chi connectivity index (χ2v) is 2.11. The Morgan fingerprint density at radius 2 is 2.44 bits per heavy atom. The standard InChI is InChI=1S/C5H7NO3/c1-6-2-3(4(6)7)5(8)9/h3H,2H2,1H3,(H,8,9). The van der Waals surface area contributed by atoms with E-state index in [1.165, 1.54) is 4.90 Å². The summed E-state index contributed by atoms with van der Waals surface area (Å²) in [4.78, 5) is 22.0.